The Labute approximate surface area is 146 Å². The Morgan fingerprint density at radius 3 is 2.58 bits per heavy atom. The van der Waals surface area contributed by atoms with Crippen LogP contribution >= 0.6 is 0 Å². The molecule has 0 saturated heterocycles. The monoisotopic (exact) mass is 357 g/mol. The Bertz CT molecular complexity index is 963. The molecule has 10 heteroatoms. The third-order valence-electron chi connectivity index (χ3n) is 3.48. The average Bonchev–Trinajstić information content (AvgIpc) is 2.65. The van der Waals surface area contributed by atoms with E-state index in [1.54, 1.807) is 6.07 Å². The molecule has 0 aliphatic heterocycles. The quantitative estimate of drug-likeness (QED) is 0.458. The number of rotatable bonds is 5. The number of methoxy groups -OCH3 is 1. The fraction of sp³-hybridized carbons (Fsp3) is 0.125. The lowest BCUT2D eigenvalue weighted by Gasteiger charge is -2.15. The van der Waals surface area contributed by atoms with E-state index in [2.05, 4.69) is 9.72 Å². The minimum Gasteiger partial charge on any atom is -0.478 e. The van der Waals surface area contributed by atoms with E-state index in [9.17, 15) is 35.2 Å². The van der Waals surface area contributed by atoms with Crippen molar-refractivity contribution in [1.82, 2.24) is 4.98 Å². The number of pyridine rings is 1. The Kier molecular flexibility index (Phi) is 5.24. The van der Waals surface area contributed by atoms with Crippen LogP contribution in [0, 0.1) is 21.4 Å². The molecule has 2 N–H and O–H groups in total. The number of carbonyl (C=O) groups is 2. The summed E-state index contributed by atoms with van der Waals surface area (Å²) in [5.74, 6) is -2.57. The molecule has 1 aromatic heterocycles. The van der Waals surface area contributed by atoms with Gasteiger partial charge in [-0.25, -0.2) is 14.6 Å². The number of benzene rings is 1. The number of hydrogen-bond acceptors (Lipinski definition) is 8. The second-order valence-electron chi connectivity index (χ2n) is 4.91. The second-order valence-corrected chi connectivity index (χ2v) is 4.91. The van der Waals surface area contributed by atoms with Crippen LogP contribution in [0.25, 0.3) is 11.1 Å². The lowest BCUT2D eigenvalue weighted by Crippen LogP contribution is -2.16. The summed E-state index contributed by atoms with van der Waals surface area (Å²) in [5.41, 5.74) is -2.47. The van der Waals surface area contributed by atoms with Gasteiger partial charge in [-0.3, -0.25) is 10.1 Å². The number of aliphatic hydroxyl groups excluding tert-OH is 1. The number of esters is 1. The third-order valence-corrected chi connectivity index (χ3v) is 3.48. The molecule has 0 radical (unpaired) electrons. The van der Waals surface area contributed by atoms with Gasteiger partial charge in [-0.15, -0.1) is 0 Å². The van der Waals surface area contributed by atoms with Crippen molar-refractivity contribution in [2.45, 2.75) is 6.61 Å². The van der Waals surface area contributed by atoms with Crippen molar-refractivity contribution < 1.29 is 29.5 Å². The summed E-state index contributed by atoms with van der Waals surface area (Å²) in [6.45, 7) is -0.820. The van der Waals surface area contributed by atoms with Crippen molar-refractivity contribution in [1.29, 1.82) is 5.26 Å². The van der Waals surface area contributed by atoms with Crippen molar-refractivity contribution in [2.75, 3.05) is 7.11 Å². The number of hydrogen-bond donors (Lipinski definition) is 2. The molecule has 26 heavy (non-hydrogen) atoms. The number of ether oxygens (including phenoxy) is 1. The fourth-order valence-corrected chi connectivity index (χ4v) is 2.42. The minimum atomic E-state index is -1.53. The number of nitro groups is 1. The van der Waals surface area contributed by atoms with Gasteiger partial charge in [0, 0.05) is 17.7 Å². The molecular formula is C16H11N3O7. The molecule has 0 bridgehead atoms. The van der Waals surface area contributed by atoms with Gasteiger partial charge in [-0.2, -0.15) is 5.26 Å². The van der Waals surface area contributed by atoms with Crippen molar-refractivity contribution in [3.05, 3.63) is 56.9 Å². The van der Waals surface area contributed by atoms with Gasteiger partial charge in [0.15, 0.2) is 5.69 Å². The second kappa shape index (κ2) is 7.37. The molecule has 2 rings (SSSR count). The Hall–Kier alpha value is -3.84. The Morgan fingerprint density at radius 2 is 2.08 bits per heavy atom. The van der Waals surface area contributed by atoms with E-state index in [0.29, 0.717) is 0 Å². The van der Waals surface area contributed by atoms with Gasteiger partial charge in [0.1, 0.15) is 11.6 Å². The van der Waals surface area contributed by atoms with E-state index in [4.69, 9.17) is 0 Å². The fourth-order valence-electron chi connectivity index (χ4n) is 2.42. The summed E-state index contributed by atoms with van der Waals surface area (Å²) in [4.78, 5) is 38.0. The number of aliphatic hydroxyl groups is 1. The van der Waals surface area contributed by atoms with E-state index in [1.807, 2.05) is 0 Å². The van der Waals surface area contributed by atoms with Crippen LogP contribution in [0.15, 0.2) is 24.3 Å². The number of aromatic carboxylic acids is 1. The standard InChI is InChI=1S/C16H11N3O7/c1-26-16(23)14-10(6-17)18-11(7-20)13(15(21)22)12(14)8-3-2-4-9(5-8)19(24)25/h2-5,20H,7H2,1H3,(H,21,22). The van der Waals surface area contributed by atoms with E-state index >= 15 is 0 Å². The summed E-state index contributed by atoms with van der Waals surface area (Å²) in [6, 6.07) is 6.52. The predicted molar refractivity (Wildman–Crippen MR) is 85.3 cm³/mol. The summed E-state index contributed by atoms with van der Waals surface area (Å²) < 4.78 is 4.61. The zero-order valence-electron chi connectivity index (χ0n) is 13.3. The van der Waals surface area contributed by atoms with Crippen molar-refractivity contribution in [2.24, 2.45) is 0 Å². The Morgan fingerprint density at radius 1 is 1.38 bits per heavy atom. The Balaban J connectivity index is 3.03. The zero-order valence-corrected chi connectivity index (χ0v) is 13.3. The number of non-ortho nitro benzene ring substituents is 1. The van der Waals surface area contributed by atoms with Crippen LogP contribution in [0.3, 0.4) is 0 Å². The van der Waals surface area contributed by atoms with Gasteiger partial charge in [0.25, 0.3) is 5.69 Å². The zero-order chi connectivity index (χ0) is 19.4. The minimum absolute atomic E-state index is 0.00870. The molecular weight excluding hydrogens is 346 g/mol. The first-order chi connectivity index (χ1) is 12.3. The van der Waals surface area contributed by atoms with Crippen LogP contribution in [0.1, 0.15) is 32.1 Å². The lowest BCUT2D eigenvalue weighted by atomic mass is 9.92. The molecule has 0 aliphatic rings. The van der Waals surface area contributed by atoms with Gasteiger partial charge in [-0.1, -0.05) is 12.1 Å². The highest BCUT2D eigenvalue weighted by Gasteiger charge is 2.29. The van der Waals surface area contributed by atoms with Crippen LogP contribution in [-0.2, 0) is 11.3 Å². The number of aromatic nitrogens is 1. The van der Waals surface area contributed by atoms with Gasteiger partial charge in [0.05, 0.1) is 29.9 Å². The first kappa shape index (κ1) is 18.5. The number of carbonyl (C=O) groups excluding carboxylic acids is 1. The molecule has 0 aliphatic carbocycles. The van der Waals surface area contributed by atoms with Gasteiger partial charge < -0.3 is 14.9 Å². The number of nitrogens with zero attached hydrogens (tertiary/aromatic N) is 3. The van der Waals surface area contributed by atoms with Gasteiger partial charge >= 0.3 is 11.9 Å². The smallest absolute Gasteiger partial charge is 0.341 e. The summed E-state index contributed by atoms with van der Waals surface area (Å²) in [6.07, 6.45) is 0. The maximum absolute atomic E-state index is 12.2. The SMILES string of the molecule is COC(=O)c1c(C#N)nc(CO)c(C(=O)O)c1-c1cccc([N+](=O)[O-])c1. The molecule has 0 spiro atoms. The molecule has 2 aromatic rings. The van der Waals surface area contributed by atoms with E-state index < -0.39 is 40.3 Å². The molecule has 10 nitrogen and oxygen atoms in total. The van der Waals surface area contributed by atoms with Gasteiger partial charge in [-0.05, 0) is 5.56 Å². The lowest BCUT2D eigenvalue weighted by molar-refractivity contribution is -0.384. The van der Waals surface area contributed by atoms with E-state index in [1.165, 1.54) is 18.2 Å². The summed E-state index contributed by atoms with van der Waals surface area (Å²) >= 11 is 0. The highest BCUT2D eigenvalue weighted by Crippen LogP contribution is 2.34. The molecule has 0 amide bonds. The normalized spacial score (nSPS) is 10.0. The maximum atomic E-state index is 12.2. The number of nitro benzene ring substituents is 1. The first-order valence-electron chi connectivity index (χ1n) is 6.99. The first-order valence-corrected chi connectivity index (χ1v) is 6.99. The molecule has 0 unspecified atom stereocenters. The summed E-state index contributed by atoms with van der Waals surface area (Å²) in [5, 5.41) is 39.3. The number of carboxylic acids is 1. The molecule has 1 heterocycles. The molecule has 0 atom stereocenters. The highest BCUT2D eigenvalue weighted by molar-refractivity contribution is 6.07. The molecule has 0 fully saturated rings. The average molecular weight is 357 g/mol. The van der Waals surface area contributed by atoms with E-state index in [0.717, 1.165) is 13.2 Å². The maximum Gasteiger partial charge on any atom is 0.341 e. The van der Waals surface area contributed by atoms with Crippen molar-refractivity contribution in [3.8, 4) is 17.2 Å². The third kappa shape index (κ3) is 3.19. The van der Waals surface area contributed by atoms with Crippen LogP contribution < -0.4 is 0 Å². The van der Waals surface area contributed by atoms with Crippen LogP contribution in [0.4, 0.5) is 5.69 Å². The van der Waals surface area contributed by atoms with Crippen molar-refractivity contribution >= 4 is 17.6 Å². The van der Waals surface area contributed by atoms with Crippen LogP contribution in [0.5, 0.6) is 0 Å². The molecule has 132 valence electrons. The summed E-state index contributed by atoms with van der Waals surface area (Å²) in [7, 11) is 1.03. The topological polar surface area (TPSA) is 164 Å². The molecule has 1 aromatic carbocycles. The van der Waals surface area contributed by atoms with Crippen molar-refractivity contribution in [3.63, 3.8) is 0 Å². The van der Waals surface area contributed by atoms with E-state index in [-0.39, 0.29) is 22.5 Å². The highest BCUT2D eigenvalue weighted by atomic mass is 16.6. The van der Waals surface area contributed by atoms with Crippen LogP contribution in [-0.4, -0.2) is 39.2 Å². The largest absolute Gasteiger partial charge is 0.478 e. The predicted octanol–water partition coefficient (Wildman–Crippen LogP) is 1.51. The van der Waals surface area contributed by atoms with Crippen LogP contribution in [0.2, 0.25) is 0 Å². The molecule has 0 saturated carbocycles. The van der Waals surface area contributed by atoms with Gasteiger partial charge in [0.2, 0.25) is 0 Å². The number of carboxylic acid groups (broad SMARTS) is 1. The number of nitriles is 1.